The summed E-state index contributed by atoms with van der Waals surface area (Å²) in [6.45, 7) is 6.53. The van der Waals surface area contributed by atoms with Crippen molar-refractivity contribution in [3.05, 3.63) is 375 Å². The molecular weight excluding hydrogens is 1380 g/mol. The number of aromatic nitrogens is 3. The van der Waals surface area contributed by atoms with Crippen LogP contribution in [0, 0.1) is 11.3 Å². The van der Waals surface area contributed by atoms with Gasteiger partial charge in [0.05, 0.1) is 67.1 Å². The highest BCUT2D eigenvalue weighted by Gasteiger charge is 2.46. The summed E-state index contributed by atoms with van der Waals surface area (Å²) < 4.78 is 7.43. The molecule has 0 aliphatic carbocycles. The SMILES string of the molecule is CC(C)(C)c1ccc2c(c1)c1cc(C#N)ccc1n2-c1ccc2c(c1)N(c1c(-c3ccccc3)cccc1-c1ccccc1)c1cc(-c3ccc4c(c3)c3cccc5c6ccccc6n4c53)cc3c1B2c1ccc(-c2cc4c5ccccc5n5c6ccccc6c(c2)c45)cc1N3c1c(-c2ccccc2)cccc1-c1ccccc1. The van der Waals surface area contributed by atoms with Gasteiger partial charge in [0.2, 0.25) is 0 Å². The Labute approximate surface area is 659 Å². The molecule has 114 heavy (non-hydrogen) atoms. The summed E-state index contributed by atoms with van der Waals surface area (Å²) in [7, 11) is 0. The molecule has 0 N–H and O–H groups in total. The fraction of sp³-hybridized carbons (Fsp3) is 0.0374. The van der Waals surface area contributed by atoms with Gasteiger partial charge in [0.25, 0.3) is 6.71 Å². The van der Waals surface area contributed by atoms with E-state index in [1.807, 2.05) is 6.07 Å². The zero-order valence-electron chi connectivity index (χ0n) is 62.9. The standard InChI is InChI=1S/C107H69BN6/c1-107(2,3)74-48-54-96-87(62-74)85-55-65(64-109)45-52-95(85)110(96)75-49-51-91-99(63-75)114(104-78(68-29-12-6-13-30-68)38-23-39-79(104)69-31-14-7-15-32-69)101-61-73(70-47-53-97-86(56-70)84-41-24-40-83-80-33-16-19-42-92(80)112(97)105(83)84)60-100-102(101)108(91)90-50-46-71(72-57-88-81-34-17-20-43-93(81)111-94-44-21-18-35-82(94)89(58-72)106(88)111)59-98(90)113(100)103-76(66-25-8-4-9-26-66)36-22-37-77(103)67-27-10-5-11-28-67/h4-63H,1-3H3. The van der Waals surface area contributed by atoms with Gasteiger partial charge in [-0.2, -0.15) is 5.26 Å². The zero-order valence-corrected chi connectivity index (χ0v) is 62.9. The number of hydrogen-bond donors (Lipinski definition) is 0. The number of nitriles is 1. The largest absolute Gasteiger partial charge is 0.310 e. The van der Waals surface area contributed by atoms with Gasteiger partial charge in [-0.3, -0.25) is 0 Å². The van der Waals surface area contributed by atoms with Crippen molar-refractivity contribution in [1.29, 1.82) is 5.26 Å². The lowest BCUT2D eigenvalue weighted by Crippen LogP contribution is -2.61. The van der Waals surface area contributed by atoms with Crippen molar-refractivity contribution in [1.82, 2.24) is 13.4 Å². The van der Waals surface area contributed by atoms with Crippen LogP contribution in [-0.2, 0) is 5.41 Å². The Balaban J connectivity index is 0.867. The minimum absolute atomic E-state index is 0.124. The molecule has 0 fully saturated rings. The number of fused-ring (bicyclic) bond motifs is 19. The molecule has 0 unspecified atom stereocenters. The molecule has 0 saturated heterocycles. The molecule has 0 spiro atoms. The van der Waals surface area contributed by atoms with Crippen LogP contribution in [-0.4, -0.2) is 20.1 Å². The Bertz CT molecular complexity index is 7650. The first kappa shape index (κ1) is 64.1. The molecule has 7 heteroatoms. The van der Waals surface area contributed by atoms with Gasteiger partial charge in [0.1, 0.15) is 0 Å². The van der Waals surface area contributed by atoms with Crippen LogP contribution in [0.25, 0.3) is 170 Å². The van der Waals surface area contributed by atoms with E-state index in [1.165, 1.54) is 98.1 Å². The Morgan fingerprint density at radius 2 is 0.649 bits per heavy atom. The van der Waals surface area contributed by atoms with E-state index in [9.17, 15) is 5.26 Å². The second kappa shape index (κ2) is 24.1. The van der Waals surface area contributed by atoms with Gasteiger partial charge in [-0.1, -0.05) is 282 Å². The topological polar surface area (TPSA) is 44.0 Å². The Morgan fingerprint density at radius 1 is 0.272 bits per heavy atom. The summed E-state index contributed by atoms with van der Waals surface area (Å²) in [5.74, 6) is 0. The van der Waals surface area contributed by atoms with Gasteiger partial charge in [-0.05, 0) is 175 Å². The quantitative estimate of drug-likeness (QED) is 0.135. The summed E-state index contributed by atoms with van der Waals surface area (Å²) in [5, 5.41) is 22.7. The lowest BCUT2D eigenvalue weighted by atomic mass is 9.33. The average molecular weight is 1450 g/mol. The van der Waals surface area contributed by atoms with Crippen molar-refractivity contribution in [3.63, 3.8) is 0 Å². The smallest absolute Gasteiger partial charge is 0.252 e. The van der Waals surface area contributed by atoms with Crippen molar-refractivity contribution in [2.75, 3.05) is 9.80 Å². The van der Waals surface area contributed by atoms with Gasteiger partial charge in [0.15, 0.2) is 0 Å². The number of benzene rings is 17. The highest BCUT2D eigenvalue weighted by Crippen LogP contribution is 2.56. The molecule has 530 valence electrons. The van der Waals surface area contributed by atoms with Crippen LogP contribution in [0.3, 0.4) is 0 Å². The van der Waals surface area contributed by atoms with Gasteiger partial charge < -0.3 is 23.2 Å². The monoisotopic (exact) mass is 1450 g/mol. The normalized spacial score (nSPS) is 12.8. The van der Waals surface area contributed by atoms with E-state index in [0.717, 1.165) is 128 Å². The fourth-order valence-electron chi connectivity index (χ4n) is 20.0. The van der Waals surface area contributed by atoms with E-state index in [4.69, 9.17) is 0 Å². The molecular formula is C107H69BN6. The van der Waals surface area contributed by atoms with Gasteiger partial charge >= 0.3 is 0 Å². The van der Waals surface area contributed by atoms with E-state index in [2.05, 4.69) is 408 Å². The highest BCUT2D eigenvalue weighted by molar-refractivity contribution is 7.00. The lowest BCUT2D eigenvalue weighted by Gasteiger charge is -2.46. The predicted octanol–water partition coefficient (Wildman–Crippen LogP) is 26.3. The van der Waals surface area contributed by atoms with Crippen molar-refractivity contribution in [2.45, 2.75) is 26.2 Å². The van der Waals surface area contributed by atoms with Gasteiger partial charge in [-0.15, -0.1) is 0 Å². The van der Waals surface area contributed by atoms with E-state index < -0.39 is 0 Å². The van der Waals surface area contributed by atoms with Gasteiger partial charge in [0, 0.05) is 105 Å². The lowest BCUT2D eigenvalue weighted by molar-refractivity contribution is 0.591. The molecule has 7 heterocycles. The molecule has 0 bridgehead atoms. The highest BCUT2D eigenvalue weighted by atomic mass is 15.2. The van der Waals surface area contributed by atoms with E-state index >= 15 is 0 Å². The molecule has 0 amide bonds. The van der Waals surface area contributed by atoms with Crippen molar-refractivity contribution < 1.29 is 0 Å². The Kier molecular flexibility index (Phi) is 13.6. The van der Waals surface area contributed by atoms with Crippen LogP contribution in [0.4, 0.5) is 34.1 Å². The van der Waals surface area contributed by atoms with Crippen molar-refractivity contribution >= 4 is 155 Å². The Hall–Kier alpha value is -14.7. The molecule has 0 saturated carbocycles. The van der Waals surface area contributed by atoms with E-state index in [1.54, 1.807) is 0 Å². The third kappa shape index (κ3) is 9.19. The number of nitrogens with zero attached hydrogens (tertiary/aromatic N) is 6. The van der Waals surface area contributed by atoms with Crippen molar-refractivity contribution in [3.8, 4) is 78.5 Å². The molecule has 0 atom stereocenters. The molecule has 2 aliphatic heterocycles. The first-order chi connectivity index (χ1) is 56.2. The first-order valence-corrected chi connectivity index (χ1v) is 39.6. The van der Waals surface area contributed by atoms with Crippen LogP contribution in [0.2, 0.25) is 0 Å². The number of hydrogen-bond acceptors (Lipinski definition) is 3. The maximum Gasteiger partial charge on any atom is 0.252 e. The fourth-order valence-corrected chi connectivity index (χ4v) is 20.0. The average Bonchev–Trinajstić information content (AvgIpc) is 0.740. The van der Waals surface area contributed by atoms with Crippen LogP contribution >= 0.6 is 0 Å². The predicted molar refractivity (Wildman–Crippen MR) is 480 cm³/mol. The third-order valence-electron chi connectivity index (χ3n) is 25.0. The number of rotatable bonds is 9. The molecule has 0 radical (unpaired) electrons. The van der Waals surface area contributed by atoms with E-state index in [-0.39, 0.29) is 12.1 Å². The Morgan fingerprint density at radius 3 is 1.18 bits per heavy atom. The molecule has 22 aromatic rings. The minimum atomic E-state index is -0.315. The van der Waals surface area contributed by atoms with Crippen LogP contribution in [0.1, 0.15) is 31.9 Å². The van der Waals surface area contributed by atoms with Crippen LogP contribution in [0.15, 0.2) is 364 Å². The van der Waals surface area contributed by atoms with Gasteiger partial charge in [-0.25, -0.2) is 0 Å². The second-order valence-corrected chi connectivity index (χ2v) is 32.2. The summed E-state index contributed by atoms with van der Waals surface area (Å²) in [6, 6.07) is 139. The summed E-state index contributed by atoms with van der Waals surface area (Å²) >= 11 is 0. The maximum absolute atomic E-state index is 10.6. The zero-order chi connectivity index (χ0) is 75.3. The molecule has 17 aromatic carbocycles. The second-order valence-electron chi connectivity index (χ2n) is 32.2. The maximum atomic E-state index is 10.6. The van der Waals surface area contributed by atoms with E-state index in [0.29, 0.717) is 5.56 Å². The first-order valence-electron chi connectivity index (χ1n) is 39.6. The van der Waals surface area contributed by atoms with Crippen molar-refractivity contribution in [2.24, 2.45) is 0 Å². The summed E-state index contributed by atoms with van der Waals surface area (Å²) in [5.41, 5.74) is 35.6. The summed E-state index contributed by atoms with van der Waals surface area (Å²) in [4.78, 5) is 5.38. The molecule has 2 aliphatic rings. The third-order valence-corrected chi connectivity index (χ3v) is 25.0. The number of para-hydroxylation sites is 6. The summed E-state index contributed by atoms with van der Waals surface area (Å²) in [6.07, 6.45) is 0. The number of anilines is 6. The molecule has 6 nitrogen and oxygen atoms in total. The van der Waals surface area contributed by atoms with Crippen LogP contribution < -0.4 is 26.2 Å². The minimum Gasteiger partial charge on any atom is -0.310 e. The molecule has 24 rings (SSSR count). The van der Waals surface area contributed by atoms with Crippen LogP contribution in [0.5, 0.6) is 0 Å². The molecule has 5 aromatic heterocycles.